The maximum atomic E-state index is 12.0. The highest BCUT2D eigenvalue weighted by atomic mass is 16.7. The monoisotopic (exact) mass is 336 g/mol. The molecule has 0 fully saturated rings. The minimum atomic E-state index is -0.768. The van der Waals surface area contributed by atoms with Gasteiger partial charge in [-0.05, 0) is 18.6 Å². The molecular weight excluding hydrogens is 320 g/mol. The summed E-state index contributed by atoms with van der Waals surface area (Å²) in [5, 5.41) is 7.36. The third-order valence-electron chi connectivity index (χ3n) is 3.66. The third kappa shape index (κ3) is 3.50. The van der Waals surface area contributed by atoms with Crippen molar-refractivity contribution in [3.05, 3.63) is 71.4 Å². The number of rotatable bonds is 4. The fourth-order valence-electron chi connectivity index (χ4n) is 2.23. The van der Waals surface area contributed by atoms with E-state index in [0.29, 0.717) is 17.0 Å². The first-order valence-electron chi connectivity index (χ1n) is 7.48. The van der Waals surface area contributed by atoms with Crippen LogP contribution in [-0.4, -0.2) is 17.0 Å². The fraction of sp³-hybridized carbons (Fsp3) is 0.0556. The molecule has 7 nitrogen and oxygen atoms in total. The summed E-state index contributed by atoms with van der Waals surface area (Å²) in [6, 6.07) is 16.0. The normalized spacial score (nSPS) is 11.3. The molecule has 126 valence electrons. The lowest BCUT2D eigenvalue weighted by Gasteiger charge is -2.06. The van der Waals surface area contributed by atoms with Crippen molar-refractivity contribution in [2.24, 2.45) is 10.9 Å². The Hall–Kier alpha value is -3.61. The minimum absolute atomic E-state index is 0.000277. The molecule has 0 unspecified atom stereocenters. The maximum Gasteiger partial charge on any atom is 0.387 e. The highest BCUT2D eigenvalue weighted by Crippen LogP contribution is 2.20. The molecule has 4 N–H and O–H groups in total. The number of amidine groups is 1. The van der Waals surface area contributed by atoms with E-state index in [9.17, 15) is 4.79 Å². The predicted molar refractivity (Wildman–Crippen MR) is 93.7 cm³/mol. The van der Waals surface area contributed by atoms with Crippen molar-refractivity contribution < 1.29 is 14.2 Å². The quantitative estimate of drug-likeness (QED) is 0.249. The molecule has 1 heterocycles. The summed E-state index contributed by atoms with van der Waals surface area (Å²) in [5.41, 5.74) is 14.4. The minimum Gasteiger partial charge on any atom is -0.398 e. The van der Waals surface area contributed by atoms with Crippen molar-refractivity contribution in [3.63, 3.8) is 0 Å². The lowest BCUT2D eigenvalue weighted by Crippen LogP contribution is -2.17. The standard InChI is InChI=1S/C18H16N4O3/c1-11-13(8-5-9-14(11)19)17(20)22-25-18(23)15-10-16(24-21-15)12-6-3-2-4-7-12/h2-10H,19H2,1H3,(H2,20,22). The Labute approximate surface area is 143 Å². The number of nitrogens with zero attached hydrogens (tertiary/aromatic N) is 2. The summed E-state index contributed by atoms with van der Waals surface area (Å²) in [6.45, 7) is 1.80. The van der Waals surface area contributed by atoms with Crippen LogP contribution in [0.25, 0.3) is 11.3 Å². The molecule has 0 atom stereocenters. The molecule has 0 spiro atoms. The molecule has 2 aromatic carbocycles. The van der Waals surface area contributed by atoms with E-state index in [2.05, 4.69) is 10.3 Å². The van der Waals surface area contributed by atoms with Gasteiger partial charge in [0.15, 0.2) is 17.3 Å². The highest BCUT2D eigenvalue weighted by Gasteiger charge is 2.16. The van der Waals surface area contributed by atoms with E-state index in [1.165, 1.54) is 6.07 Å². The topological polar surface area (TPSA) is 117 Å². The molecule has 0 bridgehead atoms. The number of nitrogen functional groups attached to an aromatic ring is 1. The van der Waals surface area contributed by atoms with Crippen LogP contribution in [0.2, 0.25) is 0 Å². The van der Waals surface area contributed by atoms with Gasteiger partial charge < -0.3 is 20.8 Å². The van der Waals surface area contributed by atoms with E-state index < -0.39 is 5.97 Å². The van der Waals surface area contributed by atoms with Gasteiger partial charge in [0.2, 0.25) is 0 Å². The van der Waals surface area contributed by atoms with Crippen LogP contribution in [-0.2, 0) is 4.84 Å². The zero-order valence-corrected chi connectivity index (χ0v) is 13.5. The van der Waals surface area contributed by atoms with Gasteiger partial charge in [-0.15, -0.1) is 0 Å². The molecule has 0 aliphatic heterocycles. The molecule has 0 aliphatic rings. The van der Waals surface area contributed by atoms with E-state index in [0.717, 1.165) is 11.1 Å². The van der Waals surface area contributed by atoms with Crippen LogP contribution in [0.3, 0.4) is 0 Å². The van der Waals surface area contributed by atoms with Crippen molar-refractivity contribution in [3.8, 4) is 11.3 Å². The molecule has 0 radical (unpaired) electrons. The van der Waals surface area contributed by atoms with Crippen molar-refractivity contribution in [1.82, 2.24) is 5.16 Å². The van der Waals surface area contributed by atoms with E-state index >= 15 is 0 Å². The van der Waals surface area contributed by atoms with Crippen LogP contribution < -0.4 is 11.5 Å². The van der Waals surface area contributed by atoms with Gasteiger partial charge in [0, 0.05) is 22.9 Å². The summed E-state index contributed by atoms with van der Waals surface area (Å²) in [4.78, 5) is 16.9. The summed E-state index contributed by atoms with van der Waals surface area (Å²) >= 11 is 0. The average molecular weight is 336 g/mol. The number of carbonyl (C=O) groups excluding carboxylic acids is 1. The van der Waals surface area contributed by atoms with Gasteiger partial charge in [0.1, 0.15) is 0 Å². The number of hydrogen-bond donors (Lipinski definition) is 2. The Kier molecular flexibility index (Phi) is 4.47. The second kappa shape index (κ2) is 6.88. The van der Waals surface area contributed by atoms with Gasteiger partial charge in [0.25, 0.3) is 0 Å². The highest BCUT2D eigenvalue weighted by molar-refractivity contribution is 6.00. The summed E-state index contributed by atoms with van der Waals surface area (Å²) < 4.78 is 5.15. The van der Waals surface area contributed by atoms with Crippen molar-refractivity contribution in [2.45, 2.75) is 6.92 Å². The first-order valence-corrected chi connectivity index (χ1v) is 7.48. The van der Waals surface area contributed by atoms with Crippen LogP contribution in [0.1, 0.15) is 21.6 Å². The summed E-state index contributed by atoms with van der Waals surface area (Å²) in [6.07, 6.45) is 0. The van der Waals surface area contributed by atoms with Gasteiger partial charge in [-0.1, -0.05) is 52.8 Å². The SMILES string of the molecule is Cc1c(N)cccc1/C(N)=N/OC(=O)c1cc(-c2ccccc2)on1. The Morgan fingerprint density at radius 1 is 1.16 bits per heavy atom. The Morgan fingerprint density at radius 3 is 2.68 bits per heavy atom. The van der Waals surface area contributed by atoms with Crippen LogP contribution >= 0.6 is 0 Å². The Balaban J connectivity index is 1.74. The maximum absolute atomic E-state index is 12.0. The third-order valence-corrected chi connectivity index (χ3v) is 3.66. The fourth-order valence-corrected chi connectivity index (χ4v) is 2.23. The first-order chi connectivity index (χ1) is 12.1. The molecule has 7 heteroatoms. The Bertz CT molecular complexity index is 933. The van der Waals surface area contributed by atoms with Crippen LogP contribution in [0.5, 0.6) is 0 Å². The van der Waals surface area contributed by atoms with Crippen molar-refractivity contribution in [2.75, 3.05) is 5.73 Å². The second-order valence-electron chi connectivity index (χ2n) is 5.32. The van der Waals surface area contributed by atoms with Gasteiger partial charge in [-0.3, -0.25) is 0 Å². The molecule has 0 saturated heterocycles. The van der Waals surface area contributed by atoms with E-state index in [-0.39, 0.29) is 11.5 Å². The summed E-state index contributed by atoms with van der Waals surface area (Å²) in [7, 11) is 0. The average Bonchev–Trinajstić information content (AvgIpc) is 3.13. The number of benzene rings is 2. The van der Waals surface area contributed by atoms with Gasteiger partial charge >= 0.3 is 5.97 Å². The second-order valence-corrected chi connectivity index (χ2v) is 5.32. The molecule has 0 amide bonds. The number of oxime groups is 1. The van der Waals surface area contributed by atoms with Gasteiger partial charge in [-0.25, -0.2) is 4.79 Å². The molecule has 3 rings (SSSR count). The molecule has 0 aliphatic carbocycles. The van der Waals surface area contributed by atoms with Crippen molar-refractivity contribution >= 4 is 17.5 Å². The summed E-state index contributed by atoms with van der Waals surface area (Å²) in [5.74, 6) is -0.267. The Morgan fingerprint density at radius 2 is 1.92 bits per heavy atom. The zero-order valence-electron chi connectivity index (χ0n) is 13.5. The number of anilines is 1. The lowest BCUT2D eigenvalue weighted by atomic mass is 10.1. The zero-order chi connectivity index (χ0) is 17.8. The number of aromatic nitrogens is 1. The lowest BCUT2D eigenvalue weighted by molar-refractivity contribution is 0.0504. The first kappa shape index (κ1) is 16.3. The van der Waals surface area contributed by atoms with E-state index in [1.54, 1.807) is 25.1 Å². The van der Waals surface area contributed by atoms with E-state index in [1.807, 2.05) is 30.3 Å². The van der Waals surface area contributed by atoms with E-state index in [4.69, 9.17) is 20.8 Å². The number of carbonyl (C=O) groups is 1. The van der Waals surface area contributed by atoms with Crippen LogP contribution in [0, 0.1) is 6.92 Å². The van der Waals surface area contributed by atoms with Gasteiger partial charge in [0.05, 0.1) is 0 Å². The molecule has 25 heavy (non-hydrogen) atoms. The van der Waals surface area contributed by atoms with Gasteiger partial charge in [-0.2, -0.15) is 0 Å². The van der Waals surface area contributed by atoms with Crippen LogP contribution in [0.15, 0.2) is 64.3 Å². The number of nitrogens with two attached hydrogens (primary N) is 2. The predicted octanol–water partition coefficient (Wildman–Crippen LogP) is 2.71. The molecule has 1 aromatic heterocycles. The van der Waals surface area contributed by atoms with Crippen LogP contribution in [0.4, 0.5) is 5.69 Å². The smallest absolute Gasteiger partial charge is 0.387 e. The number of hydrogen-bond acceptors (Lipinski definition) is 6. The molecule has 3 aromatic rings. The molecular formula is C18H16N4O3. The molecule has 0 saturated carbocycles. The largest absolute Gasteiger partial charge is 0.398 e. The van der Waals surface area contributed by atoms with Crippen molar-refractivity contribution in [1.29, 1.82) is 0 Å².